The van der Waals surface area contributed by atoms with Crippen molar-refractivity contribution in [3.8, 4) is 0 Å². The van der Waals surface area contributed by atoms with Gasteiger partial charge in [0.1, 0.15) is 4.21 Å². The average molecular weight is 300 g/mol. The predicted molar refractivity (Wildman–Crippen MR) is 78.8 cm³/mol. The molecule has 1 fully saturated rings. The molecule has 1 aliphatic carbocycles. The van der Waals surface area contributed by atoms with Crippen LogP contribution in [0.25, 0.3) is 0 Å². The van der Waals surface area contributed by atoms with Crippen molar-refractivity contribution in [1.82, 2.24) is 9.62 Å². The Morgan fingerprint density at radius 3 is 2.89 bits per heavy atom. The van der Waals surface area contributed by atoms with Crippen molar-refractivity contribution in [3.63, 3.8) is 0 Å². The van der Waals surface area contributed by atoms with Gasteiger partial charge in [0, 0.05) is 19.1 Å². The minimum absolute atomic E-state index is 0.169. The first kappa shape index (κ1) is 14.7. The fraction of sp³-hybridized carbons (Fsp3) is 0.538. The van der Waals surface area contributed by atoms with Gasteiger partial charge in [0.05, 0.1) is 0 Å². The van der Waals surface area contributed by atoms with Crippen molar-refractivity contribution < 1.29 is 8.42 Å². The highest BCUT2D eigenvalue weighted by Crippen LogP contribution is 2.33. The van der Waals surface area contributed by atoms with Crippen LogP contribution in [0.5, 0.6) is 0 Å². The maximum Gasteiger partial charge on any atom is 0.253 e. The van der Waals surface area contributed by atoms with Gasteiger partial charge in [-0.1, -0.05) is 13.0 Å². The van der Waals surface area contributed by atoms with Crippen LogP contribution in [0.2, 0.25) is 0 Å². The zero-order chi connectivity index (χ0) is 13.9. The molecular formula is C13H20N2O2S2. The molecular weight excluding hydrogens is 280 g/mol. The summed E-state index contributed by atoms with van der Waals surface area (Å²) in [5.74, 6) is 0. The monoisotopic (exact) mass is 300 g/mol. The van der Waals surface area contributed by atoms with E-state index >= 15 is 0 Å². The molecule has 0 aromatic carbocycles. The molecule has 0 aliphatic heterocycles. The Morgan fingerprint density at radius 1 is 1.58 bits per heavy atom. The fourth-order valence-corrected chi connectivity index (χ4v) is 4.89. The number of nitrogens with one attached hydrogen (secondary N) is 1. The largest absolute Gasteiger partial charge is 0.313 e. The summed E-state index contributed by atoms with van der Waals surface area (Å²) in [6.07, 6.45) is 3.58. The third kappa shape index (κ3) is 3.45. The second-order valence-corrected chi connectivity index (χ2v) is 7.68. The molecule has 6 heteroatoms. The molecule has 1 saturated carbocycles. The van der Waals surface area contributed by atoms with E-state index in [1.165, 1.54) is 11.3 Å². The molecule has 0 atom stereocenters. The summed E-state index contributed by atoms with van der Waals surface area (Å²) in [6, 6.07) is 1.95. The van der Waals surface area contributed by atoms with Crippen molar-refractivity contribution in [1.29, 1.82) is 0 Å². The number of rotatable bonds is 8. The van der Waals surface area contributed by atoms with Crippen molar-refractivity contribution in [3.05, 3.63) is 29.7 Å². The molecule has 0 bridgehead atoms. The molecule has 1 aromatic heterocycles. The van der Waals surface area contributed by atoms with E-state index in [1.54, 1.807) is 16.4 Å². The Kier molecular flexibility index (Phi) is 4.78. The third-order valence-corrected chi connectivity index (χ3v) is 6.42. The van der Waals surface area contributed by atoms with Gasteiger partial charge in [-0.05, 0) is 36.4 Å². The fourth-order valence-electron chi connectivity index (χ4n) is 1.90. The first-order valence-corrected chi connectivity index (χ1v) is 8.82. The Labute approximate surface area is 119 Å². The lowest BCUT2D eigenvalue weighted by molar-refractivity contribution is 0.437. The quantitative estimate of drug-likeness (QED) is 0.749. The smallest absolute Gasteiger partial charge is 0.253 e. The maximum absolute atomic E-state index is 12.6. The van der Waals surface area contributed by atoms with Crippen molar-refractivity contribution in [2.45, 2.75) is 36.6 Å². The molecule has 2 rings (SSSR count). The highest BCUT2D eigenvalue weighted by Gasteiger charge is 2.37. The van der Waals surface area contributed by atoms with Crippen LogP contribution in [-0.2, 0) is 16.6 Å². The zero-order valence-corrected chi connectivity index (χ0v) is 12.8. The van der Waals surface area contributed by atoms with E-state index in [0.29, 0.717) is 17.3 Å². The molecule has 0 amide bonds. The van der Waals surface area contributed by atoms with Crippen LogP contribution >= 0.6 is 11.3 Å². The molecule has 0 unspecified atom stereocenters. The lowest BCUT2D eigenvalue weighted by Crippen LogP contribution is -2.32. The van der Waals surface area contributed by atoms with Gasteiger partial charge in [-0.2, -0.15) is 4.31 Å². The summed E-state index contributed by atoms with van der Waals surface area (Å²) >= 11 is 1.30. The highest BCUT2D eigenvalue weighted by molar-refractivity contribution is 7.91. The van der Waals surface area contributed by atoms with Gasteiger partial charge in [0.15, 0.2) is 0 Å². The summed E-state index contributed by atoms with van der Waals surface area (Å²) < 4.78 is 27.1. The molecule has 0 saturated heterocycles. The van der Waals surface area contributed by atoms with Crippen LogP contribution in [0.4, 0.5) is 0 Å². The van der Waals surface area contributed by atoms with Crippen LogP contribution in [0.15, 0.2) is 28.3 Å². The molecule has 106 valence electrons. The Balaban J connectivity index is 2.17. The summed E-state index contributed by atoms with van der Waals surface area (Å²) in [7, 11) is -3.35. The first-order valence-electron chi connectivity index (χ1n) is 6.50. The number of hydrogen-bond acceptors (Lipinski definition) is 4. The van der Waals surface area contributed by atoms with Crippen LogP contribution < -0.4 is 5.32 Å². The van der Waals surface area contributed by atoms with Crippen LogP contribution in [0, 0.1) is 0 Å². The van der Waals surface area contributed by atoms with E-state index < -0.39 is 10.0 Å². The highest BCUT2D eigenvalue weighted by atomic mass is 32.2. The Morgan fingerprint density at radius 2 is 2.32 bits per heavy atom. The molecule has 1 N–H and O–H groups in total. The van der Waals surface area contributed by atoms with E-state index in [1.807, 2.05) is 12.3 Å². The van der Waals surface area contributed by atoms with E-state index in [0.717, 1.165) is 24.9 Å². The molecule has 1 aliphatic rings. The number of nitrogens with zero attached hydrogens (tertiary/aromatic N) is 1. The number of hydrogen-bond donors (Lipinski definition) is 1. The lowest BCUT2D eigenvalue weighted by Gasteiger charge is -2.18. The van der Waals surface area contributed by atoms with Gasteiger partial charge < -0.3 is 5.32 Å². The second kappa shape index (κ2) is 6.17. The number of sulfonamides is 1. The molecule has 0 radical (unpaired) electrons. The van der Waals surface area contributed by atoms with Crippen molar-refractivity contribution >= 4 is 21.4 Å². The van der Waals surface area contributed by atoms with Gasteiger partial charge in [0.25, 0.3) is 10.0 Å². The molecule has 4 nitrogen and oxygen atoms in total. The maximum atomic E-state index is 12.6. The van der Waals surface area contributed by atoms with E-state index in [2.05, 4.69) is 11.9 Å². The van der Waals surface area contributed by atoms with Crippen LogP contribution in [-0.4, -0.2) is 31.9 Å². The van der Waals surface area contributed by atoms with E-state index in [9.17, 15) is 8.42 Å². The topological polar surface area (TPSA) is 49.4 Å². The van der Waals surface area contributed by atoms with Gasteiger partial charge in [-0.3, -0.25) is 0 Å². The normalized spacial score (nSPS) is 15.9. The van der Waals surface area contributed by atoms with Gasteiger partial charge >= 0.3 is 0 Å². The number of thiophene rings is 1. The third-order valence-electron chi connectivity index (χ3n) is 3.03. The van der Waals surface area contributed by atoms with Gasteiger partial charge in [-0.25, -0.2) is 8.42 Å². The average Bonchev–Trinajstić information content (AvgIpc) is 3.10. The van der Waals surface area contributed by atoms with E-state index in [4.69, 9.17) is 0 Å². The minimum atomic E-state index is -3.35. The van der Waals surface area contributed by atoms with E-state index in [-0.39, 0.29) is 6.04 Å². The summed E-state index contributed by atoms with van der Waals surface area (Å²) in [6.45, 7) is 7.67. The molecule has 19 heavy (non-hydrogen) atoms. The molecule has 0 spiro atoms. The molecule has 1 aromatic rings. The summed E-state index contributed by atoms with van der Waals surface area (Å²) in [5.41, 5.74) is 1.03. The van der Waals surface area contributed by atoms with Crippen molar-refractivity contribution in [2.24, 2.45) is 0 Å². The first-order chi connectivity index (χ1) is 9.09. The van der Waals surface area contributed by atoms with Gasteiger partial charge in [-0.15, -0.1) is 17.9 Å². The van der Waals surface area contributed by atoms with Crippen LogP contribution in [0.1, 0.15) is 25.3 Å². The standard InChI is InChI=1S/C13H20N2O2S2/c1-3-7-15(12-5-6-12)19(16,17)13-8-11(10-18-13)9-14-4-2/h3,8,10,12,14H,1,4-7,9H2,2H3. The predicted octanol–water partition coefficient (Wildman–Crippen LogP) is 2.20. The molecule has 1 heterocycles. The summed E-state index contributed by atoms with van der Waals surface area (Å²) in [5, 5.41) is 5.11. The minimum Gasteiger partial charge on any atom is -0.313 e. The lowest BCUT2D eigenvalue weighted by atomic mass is 10.3. The second-order valence-electron chi connectivity index (χ2n) is 4.65. The van der Waals surface area contributed by atoms with Crippen molar-refractivity contribution in [2.75, 3.05) is 13.1 Å². The van der Waals surface area contributed by atoms with Crippen LogP contribution in [0.3, 0.4) is 0 Å². The Hall–Kier alpha value is -0.690. The summed E-state index contributed by atoms with van der Waals surface area (Å²) in [4.78, 5) is 0. The SMILES string of the molecule is C=CCN(C1CC1)S(=O)(=O)c1cc(CNCC)cs1. The Bertz CT molecular complexity index is 533. The van der Waals surface area contributed by atoms with Gasteiger partial charge in [0.2, 0.25) is 0 Å². The zero-order valence-electron chi connectivity index (χ0n) is 11.1.